The maximum absolute atomic E-state index is 13.1. The van der Waals surface area contributed by atoms with E-state index in [0.717, 1.165) is 0 Å². The molecule has 0 aromatic carbocycles. The lowest BCUT2D eigenvalue weighted by molar-refractivity contribution is -0.127. The fourth-order valence-corrected chi connectivity index (χ4v) is 3.01. The molecule has 7 nitrogen and oxygen atoms in total. The summed E-state index contributed by atoms with van der Waals surface area (Å²) >= 11 is 6.13. The van der Waals surface area contributed by atoms with E-state index in [-0.39, 0.29) is 35.9 Å². The number of hydrogen-bond donors (Lipinski definition) is 3. The van der Waals surface area contributed by atoms with Crippen LogP contribution in [0.3, 0.4) is 0 Å². The second-order valence-electron chi connectivity index (χ2n) is 7.17. The Morgan fingerprint density at radius 1 is 1.47 bits per heavy atom. The van der Waals surface area contributed by atoms with Crippen LogP contribution < -0.4 is 16.0 Å². The highest BCUT2D eigenvalue weighted by molar-refractivity contribution is 6.28. The van der Waals surface area contributed by atoms with Gasteiger partial charge in [0.05, 0.1) is 11.2 Å². The Morgan fingerprint density at radius 3 is 2.88 bits per heavy atom. The summed E-state index contributed by atoms with van der Waals surface area (Å²) in [5, 5.41) is 8.12. The predicted molar refractivity (Wildman–Crippen MR) is 127 cm³/mol. The first kappa shape index (κ1) is 27.3. The second-order valence-corrected chi connectivity index (χ2v) is 7.73. The number of nitrogens with zero attached hydrogens (tertiary/aromatic N) is 1. The van der Waals surface area contributed by atoms with Crippen molar-refractivity contribution < 1.29 is 18.7 Å². The molecular formula is C23H32ClFN4O3. The molecule has 0 saturated heterocycles. The van der Waals surface area contributed by atoms with E-state index in [1.165, 1.54) is 25.2 Å². The van der Waals surface area contributed by atoms with Crippen LogP contribution in [-0.4, -0.2) is 56.4 Å². The van der Waals surface area contributed by atoms with Crippen LogP contribution in [0.1, 0.15) is 26.2 Å². The van der Waals surface area contributed by atoms with Crippen LogP contribution in [0.4, 0.5) is 4.39 Å². The zero-order valence-electron chi connectivity index (χ0n) is 18.6. The predicted octanol–water partition coefficient (Wildman–Crippen LogP) is 3.07. The molecule has 1 rings (SSSR count). The molecule has 0 aromatic heterocycles. The number of carbonyl (C=O) groups is 2. The van der Waals surface area contributed by atoms with Crippen molar-refractivity contribution >= 4 is 29.6 Å². The van der Waals surface area contributed by atoms with Gasteiger partial charge in [-0.05, 0) is 37.5 Å². The van der Waals surface area contributed by atoms with Gasteiger partial charge in [-0.3, -0.25) is 14.6 Å². The lowest BCUT2D eigenvalue weighted by atomic mass is 10.0. The van der Waals surface area contributed by atoms with E-state index in [1.54, 1.807) is 19.4 Å². The largest absolute Gasteiger partial charge is 0.385 e. The number of ether oxygens (including phenoxy) is 1. The summed E-state index contributed by atoms with van der Waals surface area (Å²) < 4.78 is 18.1. The number of nitrogens with one attached hydrogen (secondary N) is 3. The summed E-state index contributed by atoms with van der Waals surface area (Å²) in [5.41, 5.74) is 1.46. The van der Waals surface area contributed by atoms with Crippen LogP contribution in [-0.2, 0) is 14.3 Å². The zero-order valence-corrected chi connectivity index (χ0v) is 19.4. The second kappa shape index (κ2) is 15.2. The molecule has 32 heavy (non-hydrogen) atoms. The number of alkyl halides is 1. The molecule has 0 radical (unpaired) electrons. The average Bonchev–Trinajstić information content (AvgIpc) is 2.82. The van der Waals surface area contributed by atoms with Crippen LogP contribution in [0.5, 0.6) is 0 Å². The van der Waals surface area contributed by atoms with Crippen molar-refractivity contribution in [2.45, 2.75) is 37.6 Å². The fourth-order valence-electron chi connectivity index (χ4n) is 2.73. The number of aliphatic imine (C=N–C) groups is 1. The Labute approximate surface area is 194 Å². The molecule has 0 aliphatic carbocycles. The Hall–Kier alpha value is -2.71. The van der Waals surface area contributed by atoms with Crippen LogP contribution >= 0.6 is 11.6 Å². The van der Waals surface area contributed by atoms with E-state index < -0.39 is 11.9 Å². The van der Waals surface area contributed by atoms with Gasteiger partial charge in [0, 0.05) is 32.9 Å². The minimum absolute atomic E-state index is 0.130. The van der Waals surface area contributed by atoms with Crippen molar-refractivity contribution in [3.63, 3.8) is 0 Å². The van der Waals surface area contributed by atoms with Gasteiger partial charge in [-0.1, -0.05) is 30.9 Å². The maximum Gasteiger partial charge on any atom is 0.268 e. The van der Waals surface area contributed by atoms with Gasteiger partial charge in [-0.15, -0.1) is 11.6 Å². The summed E-state index contributed by atoms with van der Waals surface area (Å²) in [7, 11) is 1.58. The number of halogens is 2. The minimum atomic E-state index is -0.907. The highest BCUT2D eigenvalue weighted by Crippen LogP contribution is 2.13. The van der Waals surface area contributed by atoms with Crippen molar-refractivity contribution in [3.8, 4) is 0 Å². The molecular weight excluding hydrogens is 435 g/mol. The molecule has 0 fully saturated rings. The smallest absolute Gasteiger partial charge is 0.268 e. The summed E-state index contributed by atoms with van der Waals surface area (Å²) in [4.78, 5) is 29.9. The SMILES string of the molecule is C=C/C(=C\C=C(/C)F)CC(NC(=O)/C1=C/C(=C)CC(Cl)/C=N\CN1)C(=O)NCCCOC. The van der Waals surface area contributed by atoms with Crippen molar-refractivity contribution in [1.29, 1.82) is 0 Å². The van der Waals surface area contributed by atoms with E-state index >= 15 is 0 Å². The lowest BCUT2D eigenvalue weighted by Gasteiger charge is -2.20. The quantitative estimate of drug-likeness (QED) is 0.248. The molecule has 0 aromatic rings. The van der Waals surface area contributed by atoms with Gasteiger partial charge in [-0.2, -0.15) is 0 Å². The Balaban J connectivity index is 3.02. The van der Waals surface area contributed by atoms with Gasteiger partial charge in [-0.25, -0.2) is 4.39 Å². The Kier molecular flexibility index (Phi) is 12.9. The highest BCUT2D eigenvalue weighted by atomic mass is 35.5. The van der Waals surface area contributed by atoms with E-state index in [1.807, 2.05) is 0 Å². The first-order valence-corrected chi connectivity index (χ1v) is 10.7. The molecule has 2 atom stereocenters. The molecule has 3 N–H and O–H groups in total. The number of rotatable bonds is 11. The van der Waals surface area contributed by atoms with Gasteiger partial charge in [0.25, 0.3) is 5.91 Å². The van der Waals surface area contributed by atoms with Crippen molar-refractivity contribution in [2.75, 3.05) is 26.9 Å². The molecule has 176 valence electrons. The number of hydrogen-bond acceptors (Lipinski definition) is 5. The summed E-state index contributed by atoms with van der Waals surface area (Å²) in [6.45, 7) is 9.98. The Morgan fingerprint density at radius 2 is 2.22 bits per heavy atom. The maximum atomic E-state index is 13.1. The molecule has 0 bridgehead atoms. The van der Waals surface area contributed by atoms with Gasteiger partial charge in [0.15, 0.2) is 0 Å². The molecule has 1 aliphatic rings. The highest BCUT2D eigenvalue weighted by Gasteiger charge is 2.23. The van der Waals surface area contributed by atoms with Crippen LogP contribution in [0.25, 0.3) is 0 Å². The minimum Gasteiger partial charge on any atom is -0.385 e. The third kappa shape index (κ3) is 11.1. The summed E-state index contributed by atoms with van der Waals surface area (Å²) in [6, 6.07) is -0.907. The molecule has 9 heteroatoms. The topological polar surface area (TPSA) is 91.8 Å². The molecule has 1 heterocycles. The number of amides is 2. The summed E-state index contributed by atoms with van der Waals surface area (Å²) in [6.07, 6.45) is 8.69. The molecule has 0 spiro atoms. The first-order chi connectivity index (χ1) is 15.3. The van der Waals surface area contributed by atoms with E-state index in [0.29, 0.717) is 37.1 Å². The standard InChI is InChI=1S/C23H32ClFN4O3/c1-5-18(8-7-17(3)25)13-21(22(30)27-9-6-10-32-4)29-23(31)20-12-16(2)11-19(24)14-26-15-28-20/h5,7-8,12,14,19,21,28H,1-2,6,9-11,13,15H2,3-4H3,(H,27,30)(H,29,31)/b17-7+,18-8+,20-12-,26-14-. The van der Waals surface area contributed by atoms with Crippen molar-refractivity contribution in [2.24, 2.45) is 4.99 Å². The monoisotopic (exact) mass is 466 g/mol. The number of methoxy groups -OCH3 is 1. The van der Waals surface area contributed by atoms with Crippen molar-refractivity contribution in [1.82, 2.24) is 16.0 Å². The van der Waals surface area contributed by atoms with Gasteiger partial charge in [0.1, 0.15) is 18.4 Å². The van der Waals surface area contributed by atoms with Gasteiger partial charge >= 0.3 is 0 Å². The molecule has 1 aliphatic heterocycles. The van der Waals surface area contributed by atoms with Crippen LogP contribution in [0.15, 0.2) is 65.1 Å². The van der Waals surface area contributed by atoms with E-state index in [2.05, 4.69) is 34.1 Å². The molecule has 2 amide bonds. The van der Waals surface area contributed by atoms with E-state index in [9.17, 15) is 14.0 Å². The van der Waals surface area contributed by atoms with Crippen molar-refractivity contribution in [3.05, 3.63) is 60.1 Å². The normalized spacial score (nSPS) is 21.1. The first-order valence-electron chi connectivity index (χ1n) is 10.3. The lowest BCUT2D eigenvalue weighted by Crippen LogP contribution is -2.48. The third-order valence-corrected chi connectivity index (χ3v) is 4.62. The van der Waals surface area contributed by atoms with Crippen LogP contribution in [0.2, 0.25) is 0 Å². The fraction of sp³-hybridized carbons (Fsp3) is 0.435. The molecule has 0 saturated carbocycles. The summed E-state index contributed by atoms with van der Waals surface area (Å²) in [5.74, 6) is -1.25. The van der Waals surface area contributed by atoms with Gasteiger partial charge < -0.3 is 20.7 Å². The zero-order chi connectivity index (χ0) is 23.9. The third-order valence-electron chi connectivity index (χ3n) is 4.35. The average molecular weight is 467 g/mol. The number of carbonyl (C=O) groups excluding carboxylic acids is 2. The van der Waals surface area contributed by atoms with E-state index in [4.69, 9.17) is 16.3 Å². The Bertz CT molecular complexity index is 801. The van der Waals surface area contributed by atoms with Crippen LogP contribution in [0, 0.1) is 0 Å². The van der Waals surface area contributed by atoms with Gasteiger partial charge in [0.2, 0.25) is 5.91 Å². The number of allylic oxidation sites excluding steroid dienone is 6. The molecule has 2 unspecified atom stereocenters.